The lowest BCUT2D eigenvalue weighted by Crippen LogP contribution is -2.51. The molecule has 200 valence electrons. The molecule has 1 aromatic heterocycles. The van der Waals surface area contributed by atoms with Gasteiger partial charge in [-0.3, -0.25) is 9.59 Å². The summed E-state index contributed by atoms with van der Waals surface area (Å²) in [4.78, 5) is 54.7. The van der Waals surface area contributed by atoms with E-state index in [1.807, 2.05) is 0 Å². The van der Waals surface area contributed by atoms with Crippen molar-refractivity contribution in [2.45, 2.75) is 50.6 Å². The zero-order chi connectivity index (χ0) is 27.3. The van der Waals surface area contributed by atoms with Gasteiger partial charge in [-0.05, 0) is 19.4 Å². The van der Waals surface area contributed by atoms with Crippen molar-refractivity contribution in [3.05, 3.63) is 23.8 Å². The minimum Gasteiger partial charge on any atom is -0.465 e. The molecule has 17 heteroatoms. The maximum absolute atomic E-state index is 12.9. The summed E-state index contributed by atoms with van der Waals surface area (Å²) in [6, 6.07) is 0. The van der Waals surface area contributed by atoms with E-state index in [0.29, 0.717) is 11.8 Å². The number of hydrogen-bond acceptors (Lipinski definition) is 10. The Balaban J connectivity index is 2.56. The lowest BCUT2D eigenvalue weighted by molar-refractivity contribution is -0.274. The minimum absolute atomic E-state index is 0.0519. The number of rotatable bonds is 7. The Hall–Kier alpha value is -3.08. The number of carbonyl (C=O) groups is 4. The van der Waals surface area contributed by atoms with Gasteiger partial charge in [0, 0.05) is 36.7 Å². The van der Waals surface area contributed by atoms with Crippen LogP contribution in [-0.4, -0.2) is 74.6 Å². The van der Waals surface area contributed by atoms with Gasteiger partial charge in [0.1, 0.15) is 12.4 Å². The smallest absolute Gasteiger partial charge is 0.465 e. The van der Waals surface area contributed by atoms with E-state index in [0.717, 1.165) is 13.0 Å². The molecule has 36 heavy (non-hydrogen) atoms. The van der Waals surface area contributed by atoms with Crippen LogP contribution >= 0.6 is 11.8 Å². The van der Waals surface area contributed by atoms with E-state index in [-0.39, 0.29) is 29.5 Å². The zero-order valence-corrected chi connectivity index (χ0v) is 19.4. The zero-order valence-electron chi connectivity index (χ0n) is 18.6. The summed E-state index contributed by atoms with van der Waals surface area (Å²) in [6.45, 7) is 1.73. The molecule has 2 unspecified atom stereocenters. The van der Waals surface area contributed by atoms with Gasteiger partial charge in [0.2, 0.25) is 6.23 Å². The number of imidazole rings is 1. The molecule has 0 N–H and O–H groups in total. The number of alkyl halides is 6. The van der Waals surface area contributed by atoms with Crippen molar-refractivity contribution in [2.24, 2.45) is 0 Å². The SMILES string of the molecule is CCOC(=O)Cn1ccnc1/C=C1/C(SC(C)=O)CCN(OC(=O)C(F)(F)F)C1OC(=O)C(F)(F)F. The third kappa shape index (κ3) is 7.97. The van der Waals surface area contributed by atoms with Crippen molar-refractivity contribution >= 4 is 40.9 Å². The largest absolute Gasteiger partial charge is 0.492 e. The van der Waals surface area contributed by atoms with Crippen LogP contribution in [0.15, 0.2) is 18.0 Å². The molecule has 1 fully saturated rings. The lowest BCUT2D eigenvalue weighted by Gasteiger charge is -2.38. The van der Waals surface area contributed by atoms with Crippen molar-refractivity contribution in [3.8, 4) is 0 Å². The lowest BCUT2D eigenvalue weighted by atomic mass is 10.0. The molecular formula is C19H19F6N3O7S. The van der Waals surface area contributed by atoms with Crippen LogP contribution in [-0.2, 0) is 40.0 Å². The number of carbonyl (C=O) groups excluding carboxylic acids is 4. The highest BCUT2D eigenvalue weighted by Crippen LogP contribution is 2.36. The number of piperidine rings is 1. The number of aromatic nitrogens is 2. The Morgan fingerprint density at radius 1 is 1.14 bits per heavy atom. The molecule has 0 spiro atoms. The molecule has 0 aliphatic carbocycles. The monoisotopic (exact) mass is 547 g/mol. The van der Waals surface area contributed by atoms with Crippen LogP contribution in [0.4, 0.5) is 26.3 Å². The summed E-state index contributed by atoms with van der Waals surface area (Å²) in [7, 11) is 0. The fourth-order valence-corrected chi connectivity index (χ4v) is 3.93. The Kier molecular flexibility index (Phi) is 9.53. The van der Waals surface area contributed by atoms with Gasteiger partial charge in [0.05, 0.1) is 6.61 Å². The summed E-state index contributed by atoms with van der Waals surface area (Å²) < 4.78 is 87.6. The van der Waals surface area contributed by atoms with Gasteiger partial charge < -0.3 is 18.9 Å². The first kappa shape index (κ1) is 29.2. The van der Waals surface area contributed by atoms with Crippen LogP contribution in [0.1, 0.15) is 26.1 Å². The molecule has 1 aliphatic heterocycles. The number of hydrogen-bond donors (Lipinski definition) is 0. The number of thioether (sulfide) groups is 1. The fraction of sp³-hybridized carbons (Fsp3) is 0.526. The summed E-state index contributed by atoms with van der Waals surface area (Å²) in [5.41, 5.74) is -0.342. The Morgan fingerprint density at radius 3 is 2.33 bits per heavy atom. The normalized spacial score (nSPS) is 20.2. The van der Waals surface area contributed by atoms with E-state index in [9.17, 15) is 45.5 Å². The Labute approximate surface area is 203 Å². The van der Waals surface area contributed by atoms with Gasteiger partial charge >= 0.3 is 30.3 Å². The van der Waals surface area contributed by atoms with Crippen LogP contribution in [0.2, 0.25) is 0 Å². The molecule has 1 aliphatic rings. The second-order valence-corrected chi connectivity index (χ2v) is 8.40. The van der Waals surface area contributed by atoms with E-state index in [2.05, 4.69) is 14.6 Å². The van der Waals surface area contributed by atoms with Gasteiger partial charge in [0.25, 0.3) is 0 Å². The maximum atomic E-state index is 12.9. The highest BCUT2D eigenvalue weighted by Gasteiger charge is 2.49. The summed E-state index contributed by atoms with van der Waals surface area (Å²) >= 11 is 0.600. The molecule has 2 atom stereocenters. The number of hydroxylamine groups is 2. The van der Waals surface area contributed by atoms with Crippen molar-refractivity contribution in [1.29, 1.82) is 0 Å². The van der Waals surface area contributed by atoms with E-state index in [1.54, 1.807) is 6.92 Å². The predicted molar refractivity (Wildman–Crippen MR) is 108 cm³/mol. The third-order valence-corrected chi connectivity index (χ3v) is 5.49. The highest BCUT2D eigenvalue weighted by atomic mass is 32.2. The Morgan fingerprint density at radius 2 is 1.78 bits per heavy atom. The fourth-order valence-electron chi connectivity index (χ4n) is 2.98. The maximum Gasteiger partial charge on any atom is 0.492 e. The van der Waals surface area contributed by atoms with Crippen LogP contribution in [0.25, 0.3) is 6.08 Å². The molecule has 2 rings (SSSR count). The van der Waals surface area contributed by atoms with Gasteiger partial charge in [-0.15, -0.1) is 0 Å². The van der Waals surface area contributed by atoms with Crippen molar-refractivity contribution in [3.63, 3.8) is 0 Å². The van der Waals surface area contributed by atoms with Crippen molar-refractivity contribution in [2.75, 3.05) is 13.2 Å². The summed E-state index contributed by atoms with van der Waals surface area (Å²) in [5, 5.41) is -1.40. The first-order chi connectivity index (χ1) is 16.6. The first-order valence-electron chi connectivity index (χ1n) is 10.0. The molecule has 0 saturated carbocycles. The van der Waals surface area contributed by atoms with Crippen LogP contribution in [0.3, 0.4) is 0 Å². The molecule has 0 aromatic carbocycles. The van der Waals surface area contributed by atoms with Gasteiger partial charge in [-0.2, -0.15) is 26.3 Å². The van der Waals surface area contributed by atoms with Crippen LogP contribution in [0, 0.1) is 0 Å². The van der Waals surface area contributed by atoms with E-state index in [1.165, 1.54) is 17.0 Å². The topological polar surface area (TPSA) is 117 Å². The predicted octanol–water partition coefficient (Wildman–Crippen LogP) is 2.64. The second-order valence-electron chi connectivity index (χ2n) is 7.02. The average molecular weight is 547 g/mol. The molecule has 10 nitrogen and oxygen atoms in total. The highest BCUT2D eigenvalue weighted by molar-refractivity contribution is 8.14. The standard InChI is InChI=1S/C19H19F6N3O7S/c1-3-33-14(30)9-27-7-5-26-13(27)8-11-12(36-10(2)29)4-6-28(35-17(32)19(23,24)25)15(11)34-16(31)18(20,21)22/h5,7-8,12,15H,3-4,6,9H2,1-2H3/b11-8-. The van der Waals surface area contributed by atoms with Gasteiger partial charge in [-0.1, -0.05) is 16.8 Å². The first-order valence-corrected chi connectivity index (χ1v) is 10.9. The van der Waals surface area contributed by atoms with Gasteiger partial charge in [0.15, 0.2) is 5.12 Å². The van der Waals surface area contributed by atoms with Gasteiger partial charge in [-0.25, -0.2) is 14.6 Å². The van der Waals surface area contributed by atoms with E-state index >= 15 is 0 Å². The summed E-state index contributed by atoms with van der Waals surface area (Å²) in [5.74, 6) is -6.34. The molecule has 0 amide bonds. The second kappa shape index (κ2) is 11.8. The number of nitrogens with zero attached hydrogens (tertiary/aromatic N) is 3. The van der Waals surface area contributed by atoms with Crippen LogP contribution in [0.5, 0.6) is 0 Å². The molecule has 1 saturated heterocycles. The molecular weight excluding hydrogens is 528 g/mol. The Bertz CT molecular complexity index is 1020. The molecule has 1 aromatic rings. The third-order valence-electron chi connectivity index (χ3n) is 4.37. The molecule has 2 heterocycles. The quantitative estimate of drug-likeness (QED) is 0.373. The number of esters is 2. The number of ether oxygens (including phenoxy) is 2. The van der Waals surface area contributed by atoms with E-state index < -0.39 is 59.9 Å². The van der Waals surface area contributed by atoms with Crippen LogP contribution < -0.4 is 0 Å². The average Bonchev–Trinajstić information content (AvgIpc) is 3.16. The summed E-state index contributed by atoms with van der Waals surface area (Å²) in [6.07, 6.45) is -10.0. The number of halogens is 6. The van der Waals surface area contributed by atoms with Crippen molar-refractivity contribution in [1.82, 2.24) is 14.6 Å². The van der Waals surface area contributed by atoms with E-state index in [4.69, 9.17) is 4.74 Å². The minimum atomic E-state index is -5.55. The van der Waals surface area contributed by atoms with Crippen molar-refractivity contribution < 1.29 is 59.8 Å². The molecule has 0 bridgehead atoms. The molecule has 0 radical (unpaired) electrons.